The maximum atomic E-state index is 13.4. The summed E-state index contributed by atoms with van der Waals surface area (Å²) in [7, 11) is 0. The summed E-state index contributed by atoms with van der Waals surface area (Å²) in [6.45, 7) is 11.0. The number of rotatable bonds is 8. The highest BCUT2D eigenvalue weighted by molar-refractivity contribution is 8.26. The molecule has 9 heteroatoms. The van der Waals surface area contributed by atoms with Gasteiger partial charge in [0.1, 0.15) is 21.8 Å². The fourth-order valence-electron chi connectivity index (χ4n) is 4.92. The molecule has 0 spiro atoms. The van der Waals surface area contributed by atoms with Gasteiger partial charge in [-0.1, -0.05) is 68.2 Å². The van der Waals surface area contributed by atoms with Crippen LogP contribution < -0.4 is 10.5 Å². The molecule has 1 aromatic carbocycles. The molecule has 7 nitrogen and oxygen atoms in total. The van der Waals surface area contributed by atoms with Gasteiger partial charge < -0.3 is 4.90 Å². The molecule has 194 valence electrons. The molecule has 37 heavy (non-hydrogen) atoms. The zero-order valence-corrected chi connectivity index (χ0v) is 23.3. The Morgan fingerprint density at radius 3 is 2.35 bits per heavy atom. The van der Waals surface area contributed by atoms with Gasteiger partial charge in [-0.15, -0.1) is 0 Å². The number of nitriles is 1. The van der Waals surface area contributed by atoms with E-state index in [2.05, 4.69) is 40.1 Å². The number of hydrogen-bond donors (Lipinski definition) is 0. The molecule has 0 aliphatic carbocycles. The van der Waals surface area contributed by atoms with E-state index in [0.717, 1.165) is 56.9 Å². The van der Waals surface area contributed by atoms with Crippen molar-refractivity contribution in [2.24, 2.45) is 0 Å². The molecule has 0 saturated carbocycles. The van der Waals surface area contributed by atoms with E-state index in [0.29, 0.717) is 27.9 Å². The number of amides is 1. The predicted molar refractivity (Wildman–Crippen MR) is 155 cm³/mol. The first-order chi connectivity index (χ1) is 17.9. The zero-order valence-electron chi connectivity index (χ0n) is 21.7. The molecule has 4 rings (SSSR count). The molecule has 3 heterocycles. The van der Waals surface area contributed by atoms with E-state index >= 15 is 0 Å². The third-order valence-corrected chi connectivity index (χ3v) is 8.19. The minimum absolute atomic E-state index is 0.110. The van der Waals surface area contributed by atoms with Crippen LogP contribution in [0, 0.1) is 18.3 Å². The third-order valence-electron chi connectivity index (χ3n) is 6.81. The lowest BCUT2D eigenvalue weighted by Gasteiger charge is -2.38. The van der Waals surface area contributed by atoms with Gasteiger partial charge in [0, 0.05) is 51.4 Å². The van der Waals surface area contributed by atoms with E-state index < -0.39 is 0 Å². The number of carbonyl (C=O) groups excluding carboxylic acids is 1. The number of thioether (sulfide) groups is 1. The molecule has 0 radical (unpaired) electrons. The van der Waals surface area contributed by atoms with Crippen molar-refractivity contribution in [1.29, 1.82) is 5.26 Å². The molecular weight excluding hydrogens is 502 g/mol. The highest BCUT2D eigenvalue weighted by Gasteiger charge is 2.33. The molecule has 2 aliphatic rings. The van der Waals surface area contributed by atoms with E-state index in [1.165, 1.54) is 17.3 Å². The van der Waals surface area contributed by atoms with Gasteiger partial charge in [-0.25, -0.2) is 0 Å². The molecule has 2 aliphatic heterocycles. The van der Waals surface area contributed by atoms with Crippen LogP contribution in [0.4, 0.5) is 5.82 Å². The summed E-state index contributed by atoms with van der Waals surface area (Å²) in [5.41, 5.74) is 2.53. The van der Waals surface area contributed by atoms with Crippen LogP contribution in [0.1, 0.15) is 48.9 Å². The van der Waals surface area contributed by atoms with Crippen LogP contribution >= 0.6 is 24.0 Å². The monoisotopic (exact) mass is 535 g/mol. The van der Waals surface area contributed by atoms with E-state index in [9.17, 15) is 14.9 Å². The Morgan fingerprint density at radius 1 is 1.05 bits per heavy atom. The number of nitrogens with zero attached hydrogens (tertiary/aromatic N) is 5. The molecule has 2 fully saturated rings. The number of carbonyl (C=O) groups is 1. The normalized spacial score (nSPS) is 17.6. The van der Waals surface area contributed by atoms with Gasteiger partial charge >= 0.3 is 0 Å². The topological polar surface area (TPSA) is 72.6 Å². The van der Waals surface area contributed by atoms with Crippen LogP contribution in [-0.4, -0.2) is 57.3 Å². The fraction of sp³-hybridized carbons (Fsp3) is 0.429. The van der Waals surface area contributed by atoms with E-state index in [1.807, 2.05) is 32.9 Å². The number of aromatic nitrogens is 1. The summed E-state index contributed by atoms with van der Waals surface area (Å²) >= 11 is 6.77. The molecule has 0 bridgehead atoms. The lowest BCUT2D eigenvalue weighted by molar-refractivity contribution is -0.122. The Bertz CT molecular complexity index is 1300. The predicted octanol–water partition coefficient (Wildman–Crippen LogP) is 4.37. The van der Waals surface area contributed by atoms with Crippen molar-refractivity contribution in [1.82, 2.24) is 14.4 Å². The molecule has 2 saturated heterocycles. The van der Waals surface area contributed by atoms with Gasteiger partial charge in [0.15, 0.2) is 0 Å². The Hall–Kier alpha value is -2.93. The molecule has 0 N–H and O–H groups in total. The SMILES string of the molecule is CCCN1C(=O)C(=Cc2c(C)c(C#N)c(=O)n(CCC)c2N2CCN(Cc3ccccc3)CC2)SC1=S. The standard InChI is InChI=1S/C28H33N5O2S2/c1-4-11-32-25(31-15-13-30(14-16-31)19-21-9-7-6-8-10-21)22(20(3)23(18-29)26(32)34)17-24-27(35)33(12-5-2)28(36)37-24/h6-10,17H,4-5,11-16,19H2,1-3H3. The van der Waals surface area contributed by atoms with Crippen molar-refractivity contribution < 1.29 is 4.79 Å². The Morgan fingerprint density at radius 2 is 1.73 bits per heavy atom. The maximum Gasteiger partial charge on any atom is 0.270 e. The fourth-order valence-corrected chi connectivity index (χ4v) is 6.21. The van der Waals surface area contributed by atoms with E-state index in [1.54, 1.807) is 9.47 Å². The summed E-state index contributed by atoms with van der Waals surface area (Å²) in [5.74, 6) is 0.685. The second-order valence-electron chi connectivity index (χ2n) is 9.39. The van der Waals surface area contributed by atoms with Crippen LogP contribution in [0.25, 0.3) is 6.08 Å². The molecular formula is C28H33N5O2S2. The van der Waals surface area contributed by atoms with Crippen LogP contribution in [-0.2, 0) is 17.9 Å². The number of benzene rings is 1. The highest BCUT2D eigenvalue weighted by Crippen LogP contribution is 2.36. The second kappa shape index (κ2) is 12.1. The summed E-state index contributed by atoms with van der Waals surface area (Å²) < 4.78 is 2.28. The lowest BCUT2D eigenvalue weighted by atomic mass is 10.0. The minimum atomic E-state index is -0.265. The Balaban J connectivity index is 1.73. The minimum Gasteiger partial charge on any atom is -0.355 e. The second-order valence-corrected chi connectivity index (χ2v) is 11.1. The van der Waals surface area contributed by atoms with Crippen molar-refractivity contribution in [3.8, 4) is 6.07 Å². The third kappa shape index (κ3) is 5.66. The molecule has 0 atom stereocenters. The first-order valence-corrected chi connectivity index (χ1v) is 14.1. The largest absolute Gasteiger partial charge is 0.355 e. The number of anilines is 1. The number of hydrogen-bond acceptors (Lipinski definition) is 7. The van der Waals surface area contributed by atoms with Gasteiger partial charge in [0.2, 0.25) is 0 Å². The molecule has 1 amide bonds. The van der Waals surface area contributed by atoms with Crippen LogP contribution in [0.3, 0.4) is 0 Å². The summed E-state index contributed by atoms with van der Waals surface area (Å²) in [5, 5.41) is 9.85. The van der Waals surface area contributed by atoms with Gasteiger partial charge in [-0.3, -0.25) is 24.0 Å². The van der Waals surface area contributed by atoms with Gasteiger partial charge in [-0.05, 0) is 37.0 Å². The first-order valence-electron chi connectivity index (χ1n) is 12.8. The average molecular weight is 536 g/mol. The van der Waals surface area contributed by atoms with Crippen LogP contribution in [0.2, 0.25) is 0 Å². The first kappa shape index (κ1) is 27.1. The quantitative estimate of drug-likeness (QED) is 0.367. The lowest BCUT2D eigenvalue weighted by Crippen LogP contribution is -2.48. The maximum absolute atomic E-state index is 13.4. The van der Waals surface area contributed by atoms with Crippen LogP contribution in [0.15, 0.2) is 40.0 Å². The Kier molecular flexibility index (Phi) is 8.85. The van der Waals surface area contributed by atoms with E-state index in [-0.39, 0.29) is 17.0 Å². The van der Waals surface area contributed by atoms with Gasteiger partial charge in [0.05, 0.1) is 4.91 Å². The average Bonchev–Trinajstić information content (AvgIpc) is 3.16. The smallest absolute Gasteiger partial charge is 0.270 e. The number of pyridine rings is 1. The van der Waals surface area contributed by atoms with E-state index in [4.69, 9.17) is 12.2 Å². The molecule has 2 aromatic rings. The highest BCUT2D eigenvalue weighted by atomic mass is 32.2. The van der Waals surface area contributed by atoms with Gasteiger partial charge in [-0.2, -0.15) is 5.26 Å². The zero-order chi connectivity index (χ0) is 26.5. The number of thiocarbonyl (C=S) groups is 1. The van der Waals surface area contributed by atoms with Crippen molar-refractivity contribution in [2.45, 2.75) is 46.7 Å². The molecule has 1 aromatic heterocycles. The van der Waals surface area contributed by atoms with Crippen molar-refractivity contribution >= 4 is 46.1 Å². The van der Waals surface area contributed by atoms with Crippen molar-refractivity contribution in [3.05, 3.63) is 67.8 Å². The van der Waals surface area contributed by atoms with Crippen molar-refractivity contribution in [2.75, 3.05) is 37.6 Å². The van der Waals surface area contributed by atoms with Gasteiger partial charge in [0.25, 0.3) is 11.5 Å². The van der Waals surface area contributed by atoms with Crippen LogP contribution in [0.5, 0.6) is 0 Å². The summed E-state index contributed by atoms with van der Waals surface area (Å²) in [6.07, 6.45) is 3.42. The van der Waals surface area contributed by atoms with Crippen molar-refractivity contribution in [3.63, 3.8) is 0 Å². The molecule has 0 unspecified atom stereocenters. The number of piperazine rings is 1. The Labute approximate surface area is 228 Å². The summed E-state index contributed by atoms with van der Waals surface area (Å²) in [4.78, 5) is 33.4. The summed E-state index contributed by atoms with van der Waals surface area (Å²) in [6, 6.07) is 12.6.